The maximum Gasteiger partial charge on any atom is 0.233 e. The van der Waals surface area contributed by atoms with Crippen LogP contribution in [-0.4, -0.2) is 67.8 Å². The fourth-order valence-corrected chi connectivity index (χ4v) is 5.12. The molecule has 0 bridgehead atoms. The predicted molar refractivity (Wildman–Crippen MR) is 124 cm³/mol. The standard InChI is InChI=1S/C25H32N6O/c1-19-10-11-20(2)30(19)18-15-28-13-16-29(17-14-28)25(32)22-9-6-12-31-23(26-27-24(22)31)21-7-4-3-5-8-21/h3-5,7-8,10-11,22H,6,9,12-18H2,1-2H3. The Hall–Kier alpha value is -2.93. The number of fused-ring (bicyclic) bond motifs is 1. The largest absolute Gasteiger partial charge is 0.348 e. The molecule has 1 saturated heterocycles. The van der Waals surface area contributed by atoms with E-state index in [0.717, 1.165) is 75.9 Å². The van der Waals surface area contributed by atoms with Crippen LogP contribution in [0.5, 0.6) is 0 Å². The van der Waals surface area contributed by atoms with E-state index >= 15 is 0 Å². The average Bonchev–Trinajstić information content (AvgIpc) is 3.41. The molecule has 7 heteroatoms. The Balaban J connectivity index is 1.22. The summed E-state index contributed by atoms with van der Waals surface area (Å²) >= 11 is 0. The maximum atomic E-state index is 13.4. The molecular formula is C25H32N6O. The molecule has 7 nitrogen and oxygen atoms in total. The molecule has 4 heterocycles. The summed E-state index contributed by atoms with van der Waals surface area (Å²) < 4.78 is 4.52. The highest BCUT2D eigenvalue weighted by atomic mass is 16.2. The van der Waals surface area contributed by atoms with Crippen molar-refractivity contribution in [3.8, 4) is 11.4 Å². The zero-order chi connectivity index (χ0) is 22.1. The SMILES string of the molecule is Cc1ccc(C)n1CCN1CCN(C(=O)C2CCCn3c(-c4ccccc4)nnc32)CC1. The minimum atomic E-state index is -0.176. The Morgan fingerprint density at radius 1 is 0.906 bits per heavy atom. The first-order chi connectivity index (χ1) is 15.6. The highest BCUT2D eigenvalue weighted by Gasteiger charge is 2.34. The van der Waals surface area contributed by atoms with Crippen molar-refractivity contribution in [3.63, 3.8) is 0 Å². The number of hydrogen-bond donors (Lipinski definition) is 0. The van der Waals surface area contributed by atoms with Crippen LogP contribution >= 0.6 is 0 Å². The zero-order valence-corrected chi connectivity index (χ0v) is 19.1. The average molecular weight is 433 g/mol. The van der Waals surface area contributed by atoms with Crippen LogP contribution in [-0.2, 0) is 17.9 Å². The predicted octanol–water partition coefficient (Wildman–Crippen LogP) is 3.09. The smallest absolute Gasteiger partial charge is 0.233 e. The summed E-state index contributed by atoms with van der Waals surface area (Å²) in [5, 5.41) is 8.92. The van der Waals surface area contributed by atoms with Gasteiger partial charge in [0.05, 0.1) is 5.92 Å². The maximum absolute atomic E-state index is 13.4. The Kier molecular flexibility index (Phi) is 5.83. The minimum absolute atomic E-state index is 0.176. The Morgan fingerprint density at radius 2 is 1.62 bits per heavy atom. The Bertz CT molecular complexity index is 1060. The van der Waals surface area contributed by atoms with Gasteiger partial charge in [-0.15, -0.1) is 10.2 Å². The van der Waals surface area contributed by atoms with Crippen molar-refractivity contribution in [2.24, 2.45) is 0 Å². The number of carbonyl (C=O) groups excluding carboxylic acids is 1. The van der Waals surface area contributed by atoms with Gasteiger partial charge in [0.1, 0.15) is 5.82 Å². The number of amides is 1. The minimum Gasteiger partial charge on any atom is -0.348 e. The summed E-state index contributed by atoms with van der Waals surface area (Å²) in [4.78, 5) is 17.9. The third-order valence-corrected chi connectivity index (χ3v) is 7.04. The molecule has 1 fully saturated rings. The van der Waals surface area contributed by atoms with Crippen LogP contribution < -0.4 is 0 Å². The van der Waals surface area contributed by atoms with Crippen molar-refractivity contribution >= 4 is 5.91 Å². The fraction of sp³-hybridized carbons (Fsp3) is 0.480. The Morgan fingerprint density at radius 3 is 2.34 bits per heavy atom. The first kappa shape index (κ1) is 20.9. The second-order valence-electron chi connectivity index (χ2n) is 9.03. The lowest BCUT2D eigenvalue weighted by Crippen LogP contribution is -2.51. The summed E-state index contributed by atoms with van der Waals surface area (Å²) in [5.41, 5.74) is 3.68. The van der Waals surface area contributed by atoms with Crippen molar-refractivity contribution in [2.45, 2.75) is 45.7 Å². The molecule has 1 unspecified atom stereocenters. The fourth-order valence-electron chi connectivity index (χ4n) is 5.12. The molecule has 0 saturated carbocycles. The number of carbonyl (C=O) groups is 1. The molecule has 0 radical (unpaired) electrons. The van der Waals surface area contributed by atoms with Crippen LogP contribution in [0.4, 0.5) is 0 Å². The van der Waals surface area contributed by atoms with Crippen LogP contribution in [0.2, 0.25) is 0 Å². The Labute approximate surface area is 189 Å². The van der Waals surface area contributed by atoms with Gasteiger partial charge in [-0.1, -0.05) is 30.3 Å². The molecule has 1 amide bonds. The summed E-state index contributed by atoms with van der Waals surface area (Å²) in [6.45, 7) is 10.7. The highest BCUT2D eigenvalue weighted by Crippen LogP contribution is 2.31. The van der Waals surface area contributed by atoms with Gasteiger partial charge in [0, 0.05) is 62.8 Å². The molecule has 0 aliphatic carbocycles. The second kappa shape index (κ2) is 8.90. The van der Waals surface area contributed by atoms with E-state index in [1.54, 1.807) is 0 Å². The number of benzene rings is 1. The zero-order valence-electron chi connectivity index (χ0n) is 19.1. The molecule has 3 aromatic rings. The molecular weight excluding hydrogens is 400 g/mol. The summed E-state index contributed by atoms with van der Waals surface area (Å²) in [6, 6.07) is 14.5. The van der Waals surface area contributed by atoms with E-state index in [-0.39, 0.29) is 11.8 Å². The molecule has 0 spiro atoms. The molecule has 2 aliphatic heterocycles. The number of hydrogen-bond acceptors (Lipinski definition) is 4. The molecule has 2 aromatic heterocycles. The third kappa shape index (κ3) is 3.97. The lowest BCUT2D eigenvalue weighted by Gasteiger charge is -2.37. The van der Waals surface area contributed by atoms with Crippen molar-refractivity contribution in [2.75, 3.05) is 32.7 Å². The van der Waals surface area contributed by atoms with E-state index in [2.05, 4.69) is 62.3 Å². The van der Waals surface area contributed by atoms with Gasteiger partial charge in [-0.05, 0) is 38.8 Å². The van der Waals surface area contributed by atoms with Gasteiger partial charge in [0.2, 0.25) is 5.91 Å². The van der Waals surface area contributed by atoms with Gasteiger partial charge in [-0.2, -0.15) is 0 Å². The molecule has 1 atom stereocenters. The van der Waals surface area contributed by atoms with Gasteiger partial charge < -0.3 is 14.0 Å². The number of aryl methyl sites for hydroxylation is 2. The van der Waals surface area contributed by atoms with Crippen molar-refractivity contribution in [3.05, 3.63) is 59.7 Å². The monoisotopic (exact) mass is 432 g/mol. The van der Waals surface area contributed by atoms with E-state index in [1.807, 2.05) is 23.1 Å². The number of aromatic nitrogens is 4. The lowest BCUT2D eigenvalue weighted by atomic mass is 9.96. The molecule has 0 N–H and O–H groups in total. The van der Waals surface area contributed by atoms with Gasteiger partial charge in [0.15, 0.2) is 5.82 Å². The summed E-state index contributed by atoms with van der Waals surface area (Å²) in [6.07, 6.45) is 1.84. The van der Waals surface area contributed by atoms with Gasteiger partial charge >= 0.3 is 0 Å². The van der Waals surface area contributed by atoms with Crippen LogP contribution in [0.1, 0.15) is 36.0 Å². The lowest BCUT2D eigenvalue weighted by molar-refractivity contribution is -0.135. The molecule has 2 aliphatic rings. The first-order valence-electron chi connectivity index (χ1n) is 11.7. The summed E-state index contributed by atoms with van der Waals surface area (Å²) in [5.74, 6) is 1.75. The van der Waals surface area contributed by atoms with Crippen LogP contribution in [0.3, 0.4) is 0 Å². The number of nitrogens with zero attached hydrogens (tertiary/aromatic N) is 6. The number of rotatable bonds is 5. The third-order valence-electron chi connectivity index (χ3n) is 7.04. The quantitative estimate of drug-likeness (QED) is 0.622. The van der Waals surface area contributed by atoms with Crippen LogP contribution in [0, 0.1) is 13.8 Å². The van der Waals surface area contributed by atoms with Crippen molar-refractivity contribution in [1.82, 2.24) is 29.1 Å². The van der Waals surface area contributed by atoms with E-state index in [1.165, 1.54) is 11.4 Å². The van der Waals surface area contributed by atoms with E-state index in [4.69, 9.17) is 0 Å². The van der Waals surface area contributed by atoms with Gasteiger partial charge in [0.25, 0.3) is 0 Å². The highest BCUT2D eigenvalue weighted by molar-refractivity contribution is 5.83. The van der Waals surface area contributed by atoms with E-state index < -0.39 is 0 Å². The van der Waals surface area contributed by atoms with E-state index in [0.29, 0.717) is 0 Å². The number of piperazine rings is 1. The van der Waals surface area contributed by atoms with Crippen LogP contribution in [0.25, 0.3) is 11.4 Å². The van der Waals surface area contributed by atoms with Gasteiger partial charge in [-0.25, -0.2) is 0 Å². The molecule has 5 rings (SSSR count). The topological polar surface area (TPSA) is 59.2 Å². The van der Waals surface area contributed by atoms with Gasteiger partial charge in [-0.3, -0.25) is 9.69 Å². The normalized spacial score (nSPS) is 19.2. The van der Waals surface area contributed by atoms with E-state index in [9.17, 15) is 4.79 Å². The van der Waals surface area contributed by atoms with Crippen LogP contribution in [0.15, 0.2) is 42.5 Å². The summed E-state index contributed by atoms with van der Waals surface area (Å²) in [7, 11) is 0. The first-order valence-corrected chi connectivity index (χ1v) is 11.7. The second-order valence-corrected chi connectivity index (χ2v) is 9.03. The van der Waals surface area contributed by atoms with Crippen molar-refractivity contribution < 1.29 is 4.79 Å². The molecule has 1 aromatic carbocycles. The molecule has 168 valence electrons. The molecule has 32 heavy (non-hydrogen) atoms. The van der Waals surface area contributed by atoms with Crippen molar-refractivity contribution in [1.29, 1.82) is 0 Å².